The van der Waals surface area contributed by atoms with Gasteiger partial charge in [-0.15, -0.1) is 0 Å². The number of anilines is 1. The third kappa shape index (κ3) is 2.17. The molecule has 106 valence electrons. The van der Waals surface area contributed by atoms with E-state index in [1.54, 1.807) is 18.3 Å². The van der Waals surface area contributed by atoms with Crippen LogP contribution in [0.3, 0.4) is 0 Å². The number of rotatable bonds is 2. The molecule has 3 N–H and O–H groups in total. The number of carbonyl (C=O) groups excluding carboxylic acids is 1. The van der Waals surface area contributed by atoms with Gasteiger partial charge in [-0.3, -0.25) is 4.79 Å². The lowest BCUT2D eigenvalue weighted by Crippen LogP contribution is -2.29. The van der Waals surface area contributed by atoms with Crippen molar-refractivity contribution in [2.24, 2.45) is 5.92 Å². The van der Waals surface area contributed by atoms with Crippen molar-refractivity contribution >= 4 is 17.1 Å². The monoisotopic (exact) mass is 284 g/mol. The summed E-state index contributed by atoms with van der Waals surface area (Å²) in [5.41, 5.74) is 6.75. The summed E-state index contributed by atoms with van der Waals surface area (Å²) < 4.78 is 38.7. The van der Waals surface area contributed by atoms with Gasteiger partial charge in [0.25, 0.3) is 5.91 Å². The fraction of sp³-hybridized carbons (Fsp3) is 0.333. The van der Waals surface area contributed by atoms with Crippen LogP contribution >= 0.6 is 0 Å². The van der Waals surface area contributed by atoms with Gasteiger partial charge in [0, 0.05) is 17.9 Å². The fourth-order valence-electron chi connectivity index (χ4n) is 2.13. The molecule has 0 radical (unpaired) electrons. The molecule has 1 fully saturated rings. The van der Waals surface area contributed by atoms with Crippen LogP contribution in [0.4, 0.5) is 18.9 Å². The molecule has 1 amide bonds. The average Bonchev–Trinajstić information content (AvgIpc) is 3.00. The Labute approximate surface area is 111 Å². The summed E-state index contributed by atoms with van der Waals surface area (Å²) >= 11 is 0. The summed E-state index contributed by atoms with van der Waals surface area (Å²) in [7, 11) is 0. The number of hydrogen-bond acceptors (Lipinski definition) is 3. The van der Waals surface area contributed by atoms with E-state index in [2.05, 4.69) is 10.4 Å². The van der Waals surface area contributed by atoms with Crippen molar-refractivity contribution in [2.75, 3.05) is 5.73 Å². The third-order valence-corrected chi connectivity index (χ3v) is 3.32. The summed E-state index contributed by atoms with van der Waals surface area (Å²) in [4.78, 5) is 12.0. The number of halogens is 3. The molecule has 2 aromatic rings. The summed E-state index contributed by atoms with van der Waals surface area (Å²) in [5.74, 6) is -2.01. The molecule has 2 heterocycles. The van der Waals surface area contributed by atoms with E-state index in [4.69, 9.17) is 5.73 Å². The van der Waals surface area contributed by atoms with Crippen molar-refractivity contribution in [3.63, 3.8) is 0 Å². The molecule has 1 aliphatic carbocycles. The number of hydrogen-bond donors (Lipinski definition) is 2. The van der Waals surface area contributed by atoms with Gasteiger partial charge in [-0.25, -0.2) is 4.52 Å². The fourth-order valence-corrected chi connectivity index (χ4v) is 2.13. The molecule has 1 saturated carbocycles. The normalized spacial score (nSPS) is 21.9. The van der Waals surface area contributed by atoms with Crippen LogP contribution in [0.1, 0.15) is 16.8 Å². The van der Waals surface area contributed by atoms with Crippen LogP contribution in [0.25, 0.3) is 5.52 Å². The second-order valence-electron chi connectivity index (χ2n) is 4.81. The molecule has 0 aliphatic heterocycles. The number of nitrogens with one attached hydrogen (secondary N) is 1. The van der Waals surface area contributed by atoms with Crippen LogP contribution in [0.15, 0.2) is 24.5 Å². The maximum atomic E-state index is 12.4. The number of alkyl halides is 3. The highest BCUT2D eigenvalue weighted by molar-refractivity contribution is 6.01. The molecule has 5 nitrogen and oxygen atoms in total. The van der Waals surface area contributed by atoms with Gasteiger partial charge in [0.1, 0.15) is 0 Å². The SMILES string of the molecule is Nc1ccn2ncc(C(=O)N[C@@H]3C[C@H]3C(F)(F)F)c2c1. The minimum absolute atomic E-state index is 0.0728. The van der Waals surface area contributed by atoms with Gasteiger partial charge in [0.2, 0.25) is 0 Å². The van der Waals surface area contributed by atoms with Gasteiger partial charge < -0.3 is 11.1 Å². The van der Waals surface area contributed by atoms with Gasteiger partial charge in [-0.05, 0) is 18.6 Å². The summed E-state index contributed by atoms with van der Waals surface area (Å²) in [6.45, 7) is 0. The molecule has 20 heavy (non-hydrogen) atoms. The lowest BCUT2D eigenvalue weighted by molar-refractivity contribution is -0.148. The van der Waals surface area contributed by atoms with Gasteiger partial charge in [-0.1, -0.05) is 0 Å². The van der Waals surface area contributed by atoms with E-state index in [-0.39, 0.29) is 12.0 Å². The van der Waals surface area contributed by atoms with Crippen molar-refractivity contribution in [2.45, 2.75) is 18.6 Å². The highest BCUT2D eigenvalue weighted by Crippen LogP contribution is 2.44. The largest absolute Gasteiger partial charge is 0.399 e. The summed E-state index contributed by atoms with van der Waals surface area (Å²) in [6.07, 6.45) is -1.44. The first-order valence-electron chi connectivity index (χ1n) is 5.96. The van der Waals surface area contributed by atoms with E-state index in [1.807, 2.05) is 0 Å². The smallest absolute Gasteiger partial charge is 0.393 e. The summed E-state index contributed by atoms with van der Waals surface area (Å²) in [6, 6.07) is 2.32. The molecular weight excluding hydrogens is 273 g/mol. The quantitative estimate of drug-likeness (QED) is 0.879. The minimum Gasteiger partial charge on any atom is -0.399 e. The zero-order chi connectivity index (χ0) is 14.5. The van der Waals surface area contributed by atoms with E-state index in [9.17, 15) is 18.0 Å². The number of fused-ring (bicyclic) bond motifs is 1. The Kier molecular flexibility index (Phi) is 2.63. The molecule has 0 aromatic carbocycles. The number of nitrogen functional groups attached to an aromatic ring is 1. The maximum Gasteiger partial charge on any atom is 0.393 e. The second-order valence-corrected chi connectivity index (χ2v) is 4.81. The topological polar surface area (TPSA) is 72.4 Å². The van der Waals surface area contributed by atoms with Crippen LogP contribution in [0, 0.1) is 5.92 Å². The van der Waals surface area contributed by atoms with Gasteiger partial charge >= 0.3 is 6.18 Å². The van der Waals surface area contributed by atoms with E-state index in [0.29, 0.717) is 11.2 Å². The summed E-state index contributed by atoms with van der Waals surface area (Å²) in [5, 5.41) is 6.33. The van der Waals surface area contributed by atoms with E-state index in [0.717, 1.165) is 0 Å². The van der Waals surface area contributed by atoms with E-state index < -0.39 is 24.0 Å². The molecule has 3 rings (SSSR count). The average molecular weight is 284 g/mol. The zero-order valence-corrected chi connectivity index (χ0v) is 10.2. The first kappa shape index (κ1) is 12.8. The lowest BCUT2D eigenvalue weighted by Gasteiger charge is -2.06. The maximum absolute atomic E-state index is 12.4. The predicted octanol–water partition coefficient (Wildman–Crippen LogP) is 1.60. The third-order valence-electron chi connectivity index (χ3n) is 3.32. The lowest BCUT2D eigenvalue weighted by atomic mass is 10.2. The van der Waals surface area contributed by atoms with Crippen molar-refractivity contribution in [1.29, 1.82) is 0 Å². The van der Waals surface area contributed by atoms with Gasteiger partial charge in [0.05, 0.1) is 23.2 Å². The van der Waals surface area contributed by atoms with Crippen molar-refractivity contribution in [3.05, 3.63) is 30.1 Å². The molecule has 1 aliphatic rings. The molecule has 0 bridgehead atoms. The Morgan fingerprint density at radius 1 is 1.50 bits per heavy atom. The first-order valence-corrected chi connectivity index (χ1v) is 5.96. The van der Waals surface area contributed by atoms with Crippen LogP contribution in [-0.2, 0) is 0 Å². The van der Waals surface area contributed by atoms with Crippen LogP contribution in [0.5, 0.6) is 0 Å². The molecular formula is C12H11F3N4O. The number of amides is 1. The standard InChI is InChI=1S/C12H11F3N4O/c13-12(14,15)8-4-9(8)18-11(20)7-5-17-19-2-1-6(16)3-10(7)19/h1-3,5,8-9H,4,16H2,(H,18,20)/t8-,9-/m1/s1. The highest BCUT2D eigenvalue weighted by Gasteiger charge is 2.56. The van der Waals surface area contributed by atoms with Crippen molar-refractivity contribution in [1.82, 2.24) is 14.9 Å². The predicted molar refractivity (Wildman–Crippen MR) is 65.0 cm³/mol. The van der Waals surface area contributed by atoms with Crippen molar-refractivity contribution < 1.29 is 18.0 Å². The van der Waals surface area contributed by atoms with Gasteiger partial charge in [-0.2, -0.15) is 18.3 Å². The highest BCUT2D eigenvalue weighted by atomic mass is 19.4. The van der Waals surface area contributed by atoms with E-state index in [1.165, 1.54) is 10.7 Å². The number of nitrogens with two attached hydrogens (primary N) is 1. The minimum atomic E-state index is -4.26. The molecule has 2 atom stereocenters. The number of carbonyl (C=O) groups is 1. The van der Waals surface area contributed by atoms with E-state index >= 15 is 0 Å². The van der Waals surface area contributed by atoms with Crippen LogP contribution < -0.4 is 11.1 Å². The Morgan fingerprint density at radius 3 is 2.90 bits per heavy atom. The van der Waals surface area contributed by atoms with Crippen molar-refractivity contribution in [3.8, 4) is 0 Å². The zero-order valence-electron chi connectivity index (χ0n) is 10.2. The number of pyridine rings is 1. The Bertz CT molecular complexity index is 679. The van der Waals surface area contributed by atoms with Gasteiger partial charge in [0.15, 0.2) is 0 Å². The molecule has 0 unspecified atom stereocenters. The molecule has 2 aromatic heterocycles. The first-order chi connectivity index (χ1) is 9.36. The van der Waals surface area contributed by atoms with Crippen LogP contribution in [-0.4, -0.2) is 27.7 Å². The Balaban J connectivity index is 1.79. The Hall–Kier alpha value is -2.25. The second kappa shape index (κ2) is 4.12. The van der Waals surface area contributed by atoms with Crippen LogP contribution in [0.2, 0.25) is 0 Å². The number of nitrogens with zero attached hydrogens (tertiary/aromatic N) is 2. The molecule has 0 spiro atoms. The molecule has 0 saturated heterocycles. The molecule has 8 heteroatoms. The Morgan fingerprint density at radius 2 is 2.25 bits per heavy atom. The number of aromatic nitrogens is 2.